The molecule has 4 aromatic rings. The highest BCUT2D eigenvalue weighted by Gasteiger charge is 2.18. The first kappa shape index (κ1) is 30.7. The van der Waals surface area contributed by atoms with Crippen LogP contribution >= 0.6 is 22.6 Å². The summed E-state index contributed by atoms with van der Waals surface area (Å²) in [5.74, 6) is 0.767. The van der Waals surface area contributed by atoms with E-state index in [1.54, 1.807) is 35.2 Å². The van der Waals surface area contributed by atoms with Crippen LogP contribution in [0.1, 0.15) is 22.3 Å². The van der Waals surface area contributed by atoms with Crippen LogP contribution in [0.2, 0.25) is 25.7 Å². The smallest absolute Gasteiger partial charge is 0.337 e. The standard InChI is InChI=1S/C29H36IN5O5Si/c1-7-20-9-10-21(29(36)37-3)15-26(20)39-11-8-12-40-28-23(17-32-34(28)2)24-16-22-25(18-31-24)35(33-27(22)30)19-38-13-14-41(4,5)6/h7,9-10,15-18H,1,8,11-14,19H2,2-6H3. The van der Waals surface area contributed by atoms with E-state index in [2.05, 4.69) is 59.0 Å². The van der Waals surface area contributed by atoms with Crippen molar-refractivity contribution in [3.05, 3.63) is 58.1 Å². The van der Waals surface area contributed by atoms with Gasteiger partial charge in [0.25, 0.3) is 0 Å². The van der Waals surface area contributed by atoms with Crippen LogP contribution in [0.5, 0.6) is 11.6 Å². The van der Waals surface area contributed by atoms with Crippen LogP contribution < -0.4 is 9.47 Å². The van der Waals surface area contributed by atoms with Crippen molar-refractivity contribution in [2.75, 3.05) is 26.9 Å². The summed E-state index contributed by atoms with van der Waals surface area (Å²) in [7, 11) is 2.04. The van der Waals surface area contributed by atoms with Gasteiger partial charge in [-0.15, -0.1) is 0 Å². The van der Waals surface area contributed by atoms with E-state index < -0.39 is 14.0 Å². The number of ether oxygens (including phenoxy) is 4. The maximum absolute atomic E-state index is 11.9. The lowest BCUT2D eigenvalue weighted by Crippen LogP contribution is -2.22. The predicted octanol–water partition coefficient (Wildman–Crippen LogP) is 6.03. The third-order valence-electron chi connectivity index (χ3n) is 6.40. The number of benzene rings is 1. The first-order valence-corrected chi connectivity index (χ1v) is 18.1. The Balaban J connectivity index is 1.39. The molecule has 0 aliphatic rings. The summed E-state index contributed by atoms with van der Waals surface area (Å²) in [6.45, 7) is 12.8. The lowest BCUT2D eigenvalue weighted by molar-refractivity contribution is 0.0600. The second-order valence-electron chi connectivity index (χ2n) is 10.7. The number of hydrogen-bond acceptors (Lipinski definition) is 8. The summed E-state index contributed by atoms with van der Waals surface area (Å²) in [6, 6.07) is 8.25. The zero-order chi connectivity index (χ0) is 29.6. The molecule has 0 N–H and O–H groups in total. The van der Waals surface area contributed by atoms with E-state index in [4.69, 9.17) is 23.9 Å². The van der Waals surface area contributed by atoms with E-state index in [-0.39, 0.29) is 0 Å². The monoisotopic (exact) mass is 689 g/mol. The van der Waals surface area contributed by atoms with Gasteiger partial charge in [0.1, 0.15) is 16.2 Å². The predicted molar refractivity (Wildman–Crippen MR) is 170 cm³/mol. The number of hydrogen-bond donors (Lipinski definition) is 0. The molecule has 3 heterocycles. The number of esters is 1. The minimum atomic E-state index is -1.15. The van der Waals surface area contributed by atoms with Crippen LogP contribution in [0.25, 0.3) is 28.2 Å². The molecule has 218 valence electrons. The fraction of sp³-hybridized carbons (Fsp3) is 0.379. The summed E-state index contributed by atoms with van der Waals surface area (Å²) in [5, 5.41) is 10.1. The summed E-state index contributed by atoms with van der Waals surface area (Å²) in [6.07, 6.45) is 5.88. The molecule has 3 aromatic heterocycles. The van der Waals surface area contributed by atoms with Gasteiger partial charge in [-0.3, -0.25) is 4.98 Å². The molecule has 0 radical (unpaired) electrons. The molecule has 10 nitrogen and oxygen atoms in total. The number of aryl methyl sites for hydroxylation is 1. The summed E-state index contributed by atoms with van der Waals surface area (Å²) in [4.78, 5) is 16.6. The van der Waals surface area contributed by atoms with Crippen LogP contribution in [0, 0.1) is 3.70 Å². The van der Waals surface area contributed by atoms with Crippen LogP contribution in [0.3, 0.4) is 0 Å². The molecule has 0 aliphatic heterocycles. The second kappa shape index (κ2) is 13.6. The van der Waals surface area contributed by atoms with Crippen molar-refractivity contribution in [3.63, 3.8) is 0 Å². The maximum Gasteiger partial charge on any atom is 0.337 e. The molecule has 0 bridgehead atoms. The Morgan fingerprint density at radius 1 is 1.12 bits per heavy atom. The second-order valence-corrected chi connectivity index (χ2v) is 17.4. The Morgan fingerprint density at radius 3 is 2.63 bits per heavy atom. The Bertz CT molecular complexity index is 1530. The van der Waals surface area contributed by atoms with Gasteiger partial charge in [0, 0.05) is 39.1 Å². The molecule has 0 amide bonds. The molecule has 0 saturated heterocycles. The molecule has 1 aromatic carbocycles. The Morgan fingerprint density at radius 2 is 1.90 bits per heavy atom. The number of carbonyl (C=O) groups excluding carboxylic acids is 1. The van der Waals surface area contributed by atoms with E-state index in [0.717, 1.165) is 44.1 Å². The lowest BCUT2D eigenvalue weighted by Gasteiger charge is -2.15. The van der Waals surface area contributed by atoms with E-state index in [0.29, 0.717) is 43.6 Å². The molecule has 0 fully saturated rings. The van der Waals surface area contributed by atoms with Gasteiger partial charge in [-0.2, -0.15) is 10.2 Å². The van der Waals surface area contributed by atoms with Gasteiger partial charge in [-0.25, -0.2) is 14.2 Å². The third-order valence-corrected chi connectivity index (χ3v) is 8.90. The number of rotatable bonds is 14. The Kier molecular flexibility index (Phi) is 10.2. The maximum atomic E-state index is 11.9. The quantitative estimate of drug-likeness (QED) is 0.0686. The number of carbonyl (C=O) groups is 1. The largest absolute Gasteiger partial charge is 0.493 e. The van der Waals surface area contributed by atoms with Gasteiger partial charge >= 0.3 is 5.97 Å². The van der Waals surface area contributed by atoms with Gasteiger partial charge < -0.3 is 18.9 Å². The van der Waals surface area contributed by atoms with Crippen molar-refractivity contribution in [3.8, 4) is 22.9 Å². The average Bonchev–Trinajstić information content (AvgIpc) is 3.48. The van der Waals surface area contributed by atoms with Gasteiger partial charge in [0.2, 0.25) is 5.88 Å². The van der Waals surface area contributed by atoms with E-state index in [9.17, 15) is 4.79 Å². The van der Waals surface area contributed by atoms with E-state index in [1.165, 1.54) is 7.11 Å². The molecular formula is C29H36IN5O5Si. The molecule has 4 rings (SSSR count). The summed E-state index contributed by atoms with van der Waals surface area (Å²) in [5.41, 5.74) is 3.69. The molecule has 41 heavy (non-hydrogen) atoms. The first-order valence-electron chi connectivity index (χ1n) is 13.3. The number of halogens is 1. The minimum Gasteiger partial charge on any atom is -0.493 e. The van der Waals surface area contributed by atoms with Crippen molar-refractivity contribution in [2.45, 2.75) is 38.8 Å². The fourth-order valence-corrected chi connectivity index (χ4v) is 5.51. The van der Waals surface area contributed by atoms with Gasteiger partial charge in [0.05, 0.1) is 55.1 Å². The number of fused-ring (bicyclic) bond motifs is 1. The molecule has 12 heteroatoms. The highest BCUT2D eigenvalue weighted by Crippen LogP contribution is 2.31. The van der Waals surface area contributed by atoms with Crippen LogP contribution in [0.4, 0.5) is 0 Å². The number of methoxy groups -OCH3 is 1. The van der Waals surface area contributed by atoms with E-state index in [1.807, 2.05) is 24.0 Å². The normalized spacial score (nSPS) is 11.6. The highest BCUT2D eigenvalue weighted by molar-refractivity contribution is 14.1. The zero-order valence-electron chi connectivity index (χ0n) is 24.1. The van der Waals surface area contributed by atoms with Crippen LogP contribution in [-0.2, 0) is 23.3 Å². The fourth-order valence-electron chi connectivity index (χ4n) is 4.06. The highest BCUT2D eigenvalue weighted by atomic mass is 127. The van der Waals surface area contributed by atoms with Crippen LogP contribution in [-0.4, -0.2) is 65.5 Å². The molecule has 0 spiro atoms. The summed E-state index contributed by atoms with van der Waals surface area (Å²) >= 11 is 2.25. The first-order chi connectivity index (χ1) is 19.6. The lowest BCUT2D eigenvalue weighted by atomic mass is 10.1. The SMILES string of the molecule is C=Cc1ccc(C(=O)OC)cc1OCCCOc1c(-c2cc3c(I)nn(COCC[Si](C)(C)C)c3cn2)cnn1C. The van der Waals surface area contributed by atoms with Crippen LogP contribution in [0.15, 0.2) is 43.2 Å². The Labute approximate surface area is 254 Å². The van der Waals surface area contributed by atoms with Crippen molar-refractivity contribution < 1.29 is 23.7 Å². The third kappa shape index (κ3) is 7.74. The number of aromatic nitrogens is 5. The minimum absolute atomic E-state index is 0.389. The number of pyridine rings is 1. The van der Waals surface area contributed by atoms with Gasteiger partial charge in [0.15, 0.2) is 0 Å². The van der Waals surface area contributed by atoms with Crippen molar-refractivity contribution in [1.29, 1.82) is 0 Å². The molecule has 0 aliphatic carbocycles. The van der Waals surface area contributed by atoms with Crippen molar-refractivity contribution in [2.24, 2.45) is 7.05 Å². The van der Waals surface area contributed by atoms with Gasteiger partial charge in [-0.05, 0) is 46.8 Å². The molecule has 0 atom stereocenters. The topological polar surface area (TPSA) is 103 Å². The average molecular weight is 690 g/mol. The molecular weight excluding hydrogens is 653 g/mol. The van der Waals surface area contributed by atoms with Crippen molar-refractivity contribution in [1.82, 2.24) is 24.5 Å². The number of nitrogens with zero attached hydrogens (tertiary/aromatic N) is 5. The van der Waals surface area contributed by atoms with Gasteiger partial charge in [-0.1, -0.05) is 38.4 Å². The Hall–Kier alpha value is -3.23. The zero-order valence-corrected chi connectivity index (χ0v) is 27.3. The molecule has 0 saturated carbocycles. The summed E-state index contributed by atoms with van der Waals surface area (Å²) < 4.78 is 27.2. The molecule has 0 unspecified atom stereocenters. The van der Waals surface area contributed by atoms with Crippen molar-refractivity contribution >= 4 is 53.6 Å². The van der Waals surface area contributed by atoms with E-state index >= 15 is 0 Å².